The summed E-state index contributed by atoms with van der Waals surface area (Å²) in [5.41, 5.74) is 0. The number of rotatable bonds is 2. The van der Waals surface area contributed by atoms with Gasteiger partial charge in [0.2, 0.25) is 0 Å². The average Bonchev–Trinajstić information content (AvgIpc) is 2.31. The summed E-state index contributed by atoms with van der Waals surface area (Å²) in [5.74, 6) is -0.952. The van der Waals surface area contributed by atoms with Crippen LogP contribution in [0.15, 0.2) is 12.3 Å². The Morgan fingerprint density at radius 2 is 2.36 bits per heavy atom. The highest BCUT2D eigenvalue weighted by atomic mass is 16.4. The first-order valence-electron chi connectivity index (χ1n) is 3.52. The molecule has 0 radical (unpaired) electrons. The molecule has 1 heterocycles. The zero-order valence-corrected chi connectivity index (χ0v) is 6.10. The molecule has 1 unspecified atom stereocenters. The van der Waals surface area contributed by atoms with Gasteiger partial charge in [-0.1, -0.05) is 0 Å². The molecule has 1 saturated heterocycles. The van der Waals surface area contributed by atoms with Crippen LogP contribution in [0.25, 0.3) is 0 Å². The first-order valence-corrected chi connectivity index (χ1v) is 3.52. The number of carboxylic acid groups (broad SMARTS) is 1. The molecule has 1 aliphatic heterocycles. The van der Waals surface area contributed by atoms with Gasteiger partial charge in [-0.2, -0.15) is 0 Å². The summed E-state index contributed by atoms with van der Waals surface area (Å²) < 4.78 is 0. The lowest BCUT2D eigenvalue weighted by molar-refractivity contribution is -0.131. The van der Waals surface area contributed by atoms with E-state index >= 15 is 0 Å². The topological polar surface area (TPSA) is 60.8 Å². The van der Waals surface area contributed by atoms with E-state index in [9.17, 15) is 4.79 Å². The highest BCUT2D eigenvalue weighted by molar-refractivity contribution is 5.79. The lowest BCUT2D eigenvalue weighted by atomic mass is 10.3. The van der Waals surface area contributed by atoms with Gasteiger partial charge in [-0.15, -0.1) is 0 Å². The molecule has 62 valence electrons. The fraction of sp³-hybridized carbons (Fsp3) is 0.571. The molecule has 0 aromatic carbocycles. The number of likely N-dealkylation sites (tertiary alicyclic amines) is 1. The van der Waals surface area contributed by atoms with Crippen LogP contribution in [0.2, 0.25) is 0 Å². The molecule has 0 spiro atoms. The fourth-order valence-electron chi connectivity index (χ4n) is 1.07. The van der Waals surface area contributed by atoms with Crippen LogP contribution in [-0.4, -0.2) is 40.3 Å². The third-order valence-corrected chi connectivity index (χ3v) is 1.62. The molecule has 0 aromatic rings. The van der Waals surface area contributed by atoms with Crippen LogP contribution in [-0.2, 0) is 4.79 Å². The summed E-state index contributed by atoms with van der Waals surface area (Å²) in [7, 11) is 0. The monoisotopic (exact) mass is 157 g/mol. The number of aliphatic hydroxyl groups excluding tert-OH is 1. The van der Waals surface area contributed by atoms with E-state index in [1.165, 1.54) is 6.20 Å². The Hall–Kier alpha value is -1.03. The normalized spacial score (nSPS) is 24.8. The van der Waals surface area contributed by atoms with Gasteiger partial charge in [0.15, 0.2) is 0 Å². The highest BCUT2D eigenvalue weighted by Gasteiger charge is 2.16. The molecule has 0 aromatic heterocycles. The van der Waals surface area contributed by atoms with Gasteiger partial charge in [0, 0.05) is 25.4 Å². The van der Waals surface area contributed by atoms with Gasteiger partial charge in [0.25, 0.3) is 0 Å². The third-order valence-electron chi connectivity index (χ3n) is 1.62. The largest absolute Gasteiger partial charge is 0.478 e. The maximum absolute atomic E-state index is 10.1. The summed E-state index contributed by atoms with van der Waals surface area (Å²) in [5, 5.41) is 17.3. The maximum Gasteiger partial charge on any atom is 0.329 e. The van der Waals surface area contributed by atoms with Gasteiger partial charge in [-0.25, -0.2) is 4.79 Å². The van der Waals surface area contributed by atoms with Crippen molar-refractivity contribution in [2.24, 2.45) is 0 Å². The molecule has 2 N–H and O–H groups in total. The van der Waals surface area contributed by atoms with Gasteiger partial charge in [-0.05, 0) is 6.42 Å². The van der Waals surface area contributed by atoms with Crippen molar-refractivity contribution in [3.63, 3.8) is 0 Å². The van der Waals surface area contributed by atoms with E-state index in [1.54, 1.807) is 4.90 Å². The Morgan fingerprint density at radius 1 is 1.64 bits per heavy atom. The number of hydrogen-bond donors (Lipinski definition) is 2. The summed E-state index contributed by atoms with van der Waals surface area (Å²) in [6.45, 7) is 1.29. The standard InChI is InChI=1S/C7H11NO3/c9-6-1-3-8(5-6)4-2-7(10)11/h2,4,6,9H,1,3,5H2,(H,10,11). The van der Waals surface area contributed by atoms with Crippen molar-refractivity contribution in [1.29, 1.82) is 0 Å². The minimum Gasteiger partial charge on any atom is -0.478 e. The van der Waals surface area contributed by atoms with Crippen molar-refractivity contribution in [1.82, 2.24) is 4.90 Å². The Labute approximate surface area is 64.7 Å². The molecule has 1 atom stereocenters. The SMILES string of the molecule is O=C(O)C=CN1CCC(O)C1. The highest BCUT2D eigenvalue weighted by Crippen LogP contribution is 2.08. The van der Waals surface area contributed by atoms with E-state index in [2.05, 4.69) is 0 Å². The van der Waals surface area contributed by atoms with Crippen molar-refractivity contribution < 1.29 is 15.0 Å². The van der Waals surface area contributed by atoms with Gasteiger partial charge < -0.3 is 15.1 Å². The van der Waals surface area contributed by atoms with Crippen molar-refractivity contribution >= 4 is 5.97 Å². The van der Waals surface area contributed by atoms with Crippen LogP contribution in [0.5, 0.6) is 0 Å². The zero-order chi connectivity index (χ0) is 8.27. The van der Waals surface area contributed by atoms with E-state index in [4.69, 9.17) is 10.2 Å². The van der Waals surface area contributed by atoms with E-state index in [0.717, 1.165) is 19.0 Å². The first-order chi connectivity index (χ1) is 5.18. The molecule has 0 amide bonds. The molecule has 4 heteroatoms. The van der Waals surface area contributed by atoms with Crippen molar-refractivity contribution in [3.8, 4) is 0 Å². The zero-order valence-electron chi connectivity index (χ0n) is 6.10. The quantitative estimate of drug-likeness (QED) is 0.538. The number of aliphatic hydroxyl groups is 1. The maximum atomic E-state index is 10.1. The van der Waals surface area contributed by atoms with E-state index < -0.39 is 5.97 Å². The van der Waals surface area contributed by atoms with Gasteiger partial charge in [-0.3, -0.25) is 0 Å². The van der Waals surface area contributed by atoms with Crippen LogP contribution in [0, 0.1) is 0 Å². The number of nitrogens with zero attached hydrogens (tertiary/aromatic N) is 1. The molecular weight excluding hydrogens is 146 g/mol. The third kappa shape index (κ3) is 2.59. The number of carboxylic acids is 1. The fourth-order valence-corrected chi connectivity index (χ4v) is 1.07. The van der Waals surface area contributed by atoms with Crippen LogP contribution in [0.1, 0.15) is 6.42 Å². The number of carbonyl (C=O) groups is 1. The van der Waals surface area contributed by atoms with Crippen LogP contribution < -0.4 is 0 Å². The molecule has 0 saturated carbocycles. The summed E-state index contributed by atoms with van der Waals surface area (Å²) >= 11 is 0. The summed E-state index contributed by atoms with van der Waals surface area (Å²) in [6, 6.07) is 0. The molecule has 1 rings (SSSR count). The lowest BCUT2D eigenvalue weighted by Gasteiger charge is -2.09. The van der Waals surface area contributed by atoms with Gasteiger partial charge in [0.1, 0.15) is 0 Å². The van der Waals surface area contributed by atoms with Gasteiger partial charge in [0.05, 0.1) is 6.10 Å². The minimum atomic E-state index is -0.952. The van der Waals surface area contributed by atoms with E-state index in [0.29, 0.717) is 6.54 Å². The molecule has 1 aliphatic rings. The van der Waals surface area contributed by atoms with Crippen LogP contribution >= 0.6 is 0 Å². The summed E-state index contributed by atoms with van der Waals surface area (Å²) in [4.78, 5) is 11.9. The summed E-state index contributed by atoms with van der Waals surface area (Å²) in [6.07, 6.45) is 3.01. The van der Waals surface area contributed by atoms with Gasteiger partial charge >= 0.3 is 5.97 Å². The molecule has 0 aliphatic carbocycles. The molecule has 4 nitrogen and oxygen atoms in total. The predicted octanol–water partition coefficient (Wildman–Crippen LogP) is -0.349. The Balaban J connectivity index is 2.33. The van der Waals surface area contributed by atoms with Crippen LogP contribution in [0.4, 0.5) is 0 Å². The molecule has 0 bridgehead atoms. The minimum absolute atomic E-state index is 0.298. The second-order valence-electron chi connectivity index (χ2n) is 2.59. The second-order valence-corrected chi connectivity index (χ2v) is 2.59. The molecule has 11 heavy (non-hydrogen) atoms. The average molecular weight is 157 g/mol. The van der Waals surface area contributed by atoms with Crippen molar-refractivity contribution in [2.45, 2.75) is 12.5 Å². The molecule has 1 fully saturated rings. The first kappa shape index (κ1) is 8.07. The number of aliphatic carboxylic acids is 1. The molecular formula is C7H11NO3. The van der Waals surface area contributed by atoms with Crippen LogP contribution in [0.3, 0.4) is 0 Å². The Morgan fingerprint density at radius 3 is 2.82 bits per heavy atom. The van der Waals surface area contributed by atoms with Crippen molar-refractivity contribution in [2.75, 3.05) is 13.1 Å². The Kier molecular flexibility index (Phi) is 2.48. The number of β-amino-alcohol motifs (C(OH)–C–C–N with tert-alkyl or cyclic N) is 1. The predicted molar refractivity (Wildman–Crippen MR) is 39.0 cm³/mol. The van der Waals surface area contributed by atoms with E-state index in [-0.39, 0.29) is 6.10 Å². The Bertz CT molecular complexity index is 179. The van der Waals surface area contributed by atoms with E-state index in [1.807, 2.05) is 0 Å². The second kappa shape index (κ2) is 3.39. The lowest BCUT2D eigenvalue weighted by Crippen LogP contribution is -2.15. The van der Waals surface area contributed by atoms with Crippen molar-refractivity contribution in [3.05, 3.63) is 12.3 Å². The number of hydrogen-bond acceptors (Lipinski definition) is 3. The smallest absolute Gasteiger partial charge is 0.329 e.